The average molecular weight is 229 g/mol. The number of methoxy groups -OCH3 is 1. The highest BCUT2D eigenvalue weighted by Crippen LogP contribution is 2.30. The van der Waals surface area contributed by atoms with Crippen LogP contribution in [-0.2, 0) is 0 Å². The van der Waals surface area contributed by atoms with Crippen LogP contribution < -0.4 is 10.5 Å². The molecule has 0 amide bonds. The molecule has 0 atom stereocenters. The molecule has 0 fully saturated rings. The first-order chi connectivity index (χ1) is 8.28. The van der Waals surface area contributed by atoms with E-state index in [0.29, 0.717) is 11.6 Å². The van der Waals surface area contributed by atoms with Crippen LogP contribution in [0.5, 0.6) is 5.75 Å². The summed E-state index contributed by atoms with van der Waals surface area (Å²) >= 11 is 0. The number of nitrogens with zero attached hydrogens (tertiary/aromatic N) is 1. The summed E-state index contributed by atoms with van der Waals surface area (Å²) in [5.41, 5.74) is 7.28. The lowest BCUT2D eigenvalue weighted by Crippen LogP contribution is -1.83. The number of nitrogens with two attached hydrogens (primary N) is 1. The molecule has 17 heavy (non-hydrogen) atoms. The van der Waals surface area contributed by atoms with Crippen molar-refractivity contribution in [2.45, 2.75) is 0 Å². The summed E-state index contributed by atoms with van der Waals surface area (Å²) in [5.74, 6) is 1.77. The lowest BCUT2D eigenvalue weighted by molar-refractivity contribution is 0.419. The summed E-state index contributed by atoms with van der Waals surface area (Å²) < 4.78 is 10.4. The number of rotatable bonds is 2. The SMILES string of the molecule is COc1cccc2cc(-c3cc(N)no3)[nH]c12. The third kappa shape index (κ3) is 1.52. The number of hydrogen-bond donors (Lipinski definition) is 2. The Balaban J connectivity index is 2.19. The van der Waals surface area contributed by atoms with Crippen molar-refractivity contribution in [3.05, 3.63) is 30.3 Å². The second kappa shape index (κ2) is 3.55. The highest BCUT2D eigenvalue weighted by Gasteiger charge is 2.10. The zero-order valence-corrected chi connectivity index (χ0v) is 9.23. The van der Waals surface area contributed by atoms with E-state index in [1.165, 1.54) is 0 Å². The summed E-state index contributed by atoms with van der Waals surface area (Å²) in [4.78, 5) is 3.23. The first-order valence-corrected chi connectivity index (χ1v) is 5.16. The van der Waals surface area contributed by atoms with E-state index in [1.807, 2.05) is 24.3 Å². The molecule has 0 unspecified atom stereocenters. The van der Waals surface area contributed by atoms with Crippen molar-refractivity contribution in [3.63, 3.8) is 0 Å². The van der Waals surface area contributed by atoms with Crippen LogP contribution in [0.25, 0.3) is 22.4 Å². The summed E-state index contributed by atoms with van der Waals surface area (Å²) in [6, 6.07) is 9.48. The standard InChI is InChI=1S/C12H11N3O2/c1-16-9-4-2-3-7-5-8(14-12(7)9)10-6-11(13)15-17-10/h2-6,14H,1H3,(H2,13,15). The Morgan fingerprint density at radius 1 is 1.35 bits per heavy atom. The zero-order chi connectivity index (χ0) is 11.8. The number of nitrogens with one attached hydrogen (secondary N) is 1. The molecule has 0 bridgehead atoms. The molecule has 2 heterocycles. The smallest absolute Gasteiger partial charge is 0.185 e. The van der Waals surface area contributed by atoms with Crippen molar-refractivity contribution in [1.82, 2.24) is 10.1 Å². The summed E-state index contributed by atoms with van der Waals surface area (Å²) in [6.45, 7) is 0. The Labute approximate surface area is 97.2 Å². The van der Waals surface area contributed by atoms with E-state index >= 15 is 0 Å². The minimum Gasteiger partial charge on any atom is -0.495 e. The van der Waals surface area contributed by atoms with Gasteiger partial charge in [-0.1, -0.05) is 17.3 Å². The van der Waals surface area contributed by atoms with Gasteiger partial charge in [-0.15, -0.1) is 0 Å². The molecular formula is C12H11N3O2. The van der Waals surface area contributed by atoms with Gasteiger partial charge < -0.3 is 20.0 Å². The minimum absolute atomic E-state index is 0.366. The molecule has 0 spiro atoms. The van der Waals surface area contributed by atoms with Crippen LogP contribution in [0.4, 0.5) is 5.82 Å². The van der Waals surface area contributed by atoms with Gasteiger partial charge in [-0.3, -0.25) is 0 Å². The van der Waals surface area contributed by atoms with Gasteiger partial charge in [0.05, 0.1) is 18.3 Å². The van der Waals surface area contributed by atoms with Gasteiger partial charge in [0.25, 0.3) is 0 Å². The van der Waals surface area contributed by atoms with Crippen LogP contribution in [0.15, 0.2) is 34.9 Å². The molecular weight excluding hydrogens is 218 g/mol. The fourth-order valence-corrected chi connectivity index (χ4v) is 1.85. The van der Waals surface area contributed by atoms with Gasteiger partial charge >= 0.3 is 0 Å². The number of anilines is 1. The maximum Gasteiger partial charge on any atom is 0.185 e. The maximum atomic E-state index is 5.52. The number of aromatic nitrogens is 2. The first-order valence-electron chi connectivity index (χ1n) is 5.16. The Bertz CT molecular complexity index is 669. The normalized spacial score (nSPS) is 10.9. The second-order valence-corrected chi connectivity index (χ2v) is 3.72. The van der Waals surface area contributed by atoms with Gasteiger partial charge in [0, 0.05) is 11.5 Å². The predicted molar refractivity (Wildman–Crippen MR) is 64.8 cm³/mol. The van der Waals surface area contributed by atoms with Gasteiger partial charge in [0.1, 0.15) is 5.75 Å². The molecule has 5 nitrogen and oxygen atoms in total. The van der Waals surface area contributed by atoms with E-state index in [-0.39, 0.29) is 0 Å². The van der Waals surface area contributed by atoms with E-state index in [2.05, 4.69) is 10.1 Å². The highest BCUT2D eigenvalue weighted by molar-refractivity contribution is 5.89. The third-order valence-corrected chi connectivity index (χ3v) is 2.63. The zero-order valence-electron chi connectivity index (χ0n) is 9.23. The molecule has 86 valence electrons. The number of ether oxygens (including phenoxy) is 1. The molecule has 3 rings (SSSR count). The van der Waals surface area contributed by atoms with Gasteiger partial charge in [-0.25, -0.2) is 0 Å². The second-order valence-electron chi connectivity index (χ2n) is 3.72. The molecule has 0 aliphatic rings. The largest absolute Gasteiger partial charge is 0.495 e. The third-order valence-electron chi connectivity index (χ3n) is 2.63. The molecule has 0 aliphatic carbocycles. The molecule has 1 aromatic carbocycles. The molecule has 0 aliphatic heterocycles. The molecule has 0 saturated heterocycles. The van der Waals surface area contributed by atoms with Crippen LogP contribution in [0.1, 0.15) is 0 Å². The molecule has 3 aromatic rings. The first kappa shape index (κ1) is 9.77. The predicted octanol–water partition coefficient (Wildman–Crippen LogP) is 2.41. The maximum absolute atomic E-state index is 5.52. The summed E-state index contributed by atoms with van der Waals surface area (Å²) in [6.07, 6.45) is 0. The van der Waals surface area contributed by atoms with E-state index in [0.717, 1.165) is 22.3 Å². The molecule has 0 radical (unpaired) electrons. The minimum atomic E-state index is 0.366. The Morgan fingerprint density at radius 3 is 2.94 bits per heavy atom. The Morgan fingerprint density at radius 2 is 2.24 bits per heavy atom. The number of aromatic amines is 1. The fourth-order valence-electron chi connectivity index (χ4n) is 1.85. The number of fused-ring (bicyclic) bond motifs is 1. The summed E-state index contributed by atoms with van der Waals surface area (Å²) in [7, 11) is 1.64. The van der Waals surface area contributed by atoms with Crippen molar-refractivity contribution < 1.29 is 9.26 Å². The number of H-pyrrole nitrogens is 1. The van der Waals surface area contributed by atoms with Crippen molar-refractivity contribution in [1.29, 1.82) is 0 Å². The lowest BCUT2D eigenvalue weighted by atomic mass is 10.2. The highest BCUT2D eigenvalue weighted by atomic mass is 16.5. The molecule has 0 saturated carbocycles. The van der Waals surface area contributed by atoms with Crippen LogP contribution in [0.2, 0.25) is 0 Å². The van der Waals surface area contributed by atoms with E-state index in [9.17, 15) is 0 Å². The van der Waals surface area contributed by atoms with Crippen LogP contribution in [0, 0.1) is 0 Å². The Kier molecular flexibility index (Phi) is 2.04. The Hall–Kier alpha value is -2.43. The molecule has 3 N–H and O–H groups in total. The van der Waals surface area contributed by atoms with Crippen molar-refractivity contribution in [2.75, 3.05) is 12.8 Å². The lowest BCUT2D eigenvalue weighted by Gasteiger charge is -1.99. The van der Waals surface area contributed by atoms with Crippen molar-refractivity contribution in [3.8, 4) is 17.2 Å². The van der Waals surface area contributed by atoms with E-state index < -0.39 is 0 Å². The van der Waals surface area contributed by atoms with Crippen LogP contribution >= 0.6 is 0 Å². The number of nitrogen functional groups attached to an aromatic ring is 1. The van der Waals surface area contributed by atoms with Crippen molar-refractivity contribution >= 4 is 16.7 Å². The van der Waals surface area contributed by atoms with E-state index in [1.54, 1.807) is 13.2 Å². The van der Waals surface area contributed by atoms with E-state index in [4.69, 9.17) is 15.0 Å². The van der Waals surface area contributed by atoms with Crippen LogP contribution in [0.3, 0.4) is 0 Å². The number of para-hydroxylation sites is 1. The van der Waals surface area contributed by atoms with Gasteiger partial charge in [0.2, 0.25) is 0 Å². The van der Waals surface area contributed by atoms with Gasteiger partial charge in [-0.2, -0.15) is 0 Å². The van der Waals surface area contributed by atoms with Gasteiger partial charge in [0.15, 0.2) is 11.6 Å². The van der Waals surface area contributed by atoms with Gasteiger partial charge in [-0.05, 0) is 12.1 Å². The molecule has 2 aromatic heterocycles. The van der Waals surface area contributed by atoms with Crippen molar-refractivity contribution in [2.24, 2.45) is 0 Å². The summed E-state index contributed by atoms with van der Waals surface area (Å²) in [5, 5.41) is 4.71. The monoisotopic (exact) mass is 229 g/mol. The fraction of sp³-hybridized carbons (Fsp3) is 0.0833. The number of benzene rings is 1. The topological polar surface area (TPSA) is 77.1 Å². The molecule has 5 heteroatoms. The van der Waals surface area contributed by atoms with Crippen LogP contribution in [-0.4, -0.2) is 17.3 Å². The average Bonchev–Trinajstić information content (AvgIpc) is 2.93. The number of hydrogen-bond acceptors (Lipinski definition) is 4. The quantitative estimate of drug-likeness (QED) is 0.707.